The quantitative estimate of drug-likeness (QED) is 0.829. The molecule has 2 aromatic carbocycles. The molecule has 120 valence electrons. The zero-order valence-electron chi connectivity index (χ0n) is 13.2. The van der Waals surface area contributed by atoms with E-state index in [1.54, 1.807) is 14.2 Å². The second kappa shape index (κ2) is 8.51. The number of nitrogens with zero attached hydrogens (tertiary/aromatic N) is 1. The highest BCUT2D eigenvalue weighted by atomic mass is 35.5. The third-order valence-corrected chi connectivity index (χ3v) is 3.27. The fraction of sp³-hybridized carbons (Fsp3) is 0.294. The monoisotopic (exact) mass is 322 g/mol. The lowest BCUT2D eigenvalue weighted by Crippen LogP contribution is -2.17. The van der Waals surface area contributed by atoms with E-state index in [-0.39, 0.29) is 12.4 Å². The molecule has 0 bridgehead atoms. The van der Waals surface area contributed by atoms with Gasteiger partial charge in [-0.1, -0.05) is 12.1 Å². The van der Waals surface area contributed by atoms with Gasteiger partial charge in [0.05, 0.1) is 14.2 Å². The lowest BCUT2D eigenvalue weighted by Gasteiger charge is -2.18. The van der Waals surface area contributed by atoms with Gasteiger partial charge in [-0.25, -0.2) is 0 Å². The van der Waals surface area contributed by atoms with E-state index in [1.165, 1.54) is 5.56 Å². The summed E-state index contributed by atoms with van der Waals surface area (Å²) in [6, 6.07) is 13.9. The molecule has 2 N–H and O–H groups in total. The summed E-state index contributed by atoms with van der Waals surface area (Å²) in [7, 11) is 5.40. The molecule has 2 rings (SSSR count). The molecule has 0 saturated carbocycles. The van der Waals surface area contributed by atoms with Crippen LogP contribution in [0.1, 0.15) is 11.1 Å². The molecule has 0 atom stereocenters. The number of anilines is 1. The number of ether oxygens (including phenoxy) is 2. The molecule has 2 aromatic rings. The Kier molecular flexibility index (Phi) is 7.02. The van der Waals surface area contributed by atoms with Gasteiger partial charge in [-0.05, 0) is 42.4 Å². The van der Waals surface area contributed by atoms with Gasteiger partial charge in [-0.15, -0.1) is 12.4 Å². The maximum atomic E-state index is 5.81. The minimum atomic E-state index is 0. The Morgan fingerprint density at radius 3 is 2.05 bits per heavy atom. The average Bonchev–Trinajstić information content (AvgIpc) is 2.46. The van der Waals surface area contributed by atoms with Crippen molar-refractivity contribution in [3.8, 4) is 11.5 Å². The van der Waals surface area contributed by atoms with Crippen LogP contribution in [-0.2, 0) is 13.1 Å². The smallest absolute Gasteiger partial charge is 0.122 e. The largest absolute Gasteiger partial charge is 0.497 e. The number of rotatable bonds is 6. The number of benzene rings is 2. The Labute approximate surface area is 138 Å². The van der Waals surface area contributed by atoms with Crippen LogP contribution in [0.15, 0.2) is 42.5 Å². The first-order valence-electron chi connectivity index (χ1n) is 6.85. The molecule has 0 amide bonds. The molecule has 0 spiro atoms. The second-order valence-corrected chi connectivity index (χ2v) is 5.14. The van der Waals surface area contributed by atoms with Crippen LogP contribution in [0, 0.1) is 0 Å². The van der Waals surface area contributed by atoms with Crippen LogP contribution in [-0.4, -0.2) is 26.2 Å². The molecule has 4 nitrogen and oxygen atoms in total. The van der Waals surface area contributed by atoms with Gasteiger partial charge in [0.1, 0.15) is 11.5 Å². The van der Waals surface area contributed by atoms with Gasteiger partial charge in [-0.3, -0.25) is 4.90 Å². The van der Waals surface area contributed by atoms with Gasteiger partial charge in [-0.2, -0.15) is 0 Å². The highest BCUT2D eigenvalue weighted by Crippen LogP contribution is 2.23. The Balaban J connectivity index is 0.00000242. The lowest BCUT2D eigenvalue weighted by atomic mass is 10.1. The van der Waals surface area contributed by atoms with E-state index in [9.17, 15) is 0 Å². The molecule has 22 heavy (non-hydrogen) atoms. The zero-order valence-corrected chi connectivity index (χ0v) is 14.0. The Morgan fingerprint density at radius 2 is 1.50 bits per heavy atom. The molecule has 5 heteroatoms. The van der Waals surface area contributed by atoms with Crippen LogP contribution in [0.3, 0.4) is 0 Å². The SMILES string of the molecule is COc1cc(CN(C)Cc2cccc(N)c2)cc(OC)c1.Cl. The van der Waals surface area contributed by atoms with E-state index in [4.69, 9.17) is 15.2 Å². The highest BCUT2D eigenvalue weighted by molar-refractivity contribution is 5.85. The average molecular weight is 323 g/mol. The first-order valence-corrected chi connectivity index (χ1v) is 6.85. The highest BCUT2D eigenvalue weighted by Gasteiger charge is 2.06. The van der Waals surface area contributed by atoms with Crippen LogP contribution in [0.2, 0.25) is 0 Å². The predicted octanol–water partition coefficient (Wildman–Crippen LogP) is 3.34. The molecule has 0 fully saturated rings. The van der Waals surface area contributed by atoms with Gasteiger partial charge in [0.15, 0.2) is 0 Å². The van der Waals surface area contributed by atoms with Crippen LogP contribution in [0.5, 0.6) is 11.5 Å². The maximum absolute atomic E-state index is 5.81. The van der Waals surface area contributed by atoms with Gasteiger partial charge >= 0.3 is 0 Å². The first kappa shape index (κ1) is 18.1. The topological polar surface area (TPSA) is 47.7 Å². The maximum Gasteiger partial charge on any atom is 0.122 e. The Hall–Kier alpha value is -1.91. The minimum Gasteiger partial charge on any atom is -0.497 e. The third-order valence-electron chi connectivity index (χ3n) is 3.27. The molecule has 0 aliphatic rings. The van der Waals surface area contributed by atoms with E-state index in [0.717, 1.165) is 35.8 Å². The number of halogens is 1. The third kappa shape index (κ3) is 5.13. The van der Waals surface area contributed by atoms with Gasteiger partial charge in [0, 0.05) is 24.8 Å². The van der Waals surface area contributed by atoms with E-state index < -0.39 is 0 Å². The molecule has 0 unspecified atom stereocenters. The lowest BCUT2D eigenvalue weighted by molar-refractivity contribution is 0.317. The number of methoxy groups -OCH3 is 2. The fourth-order valence-electron chi connectivity index (χ4n) is 2.33. The standard InChI is InChI=1S/C17H22N2O2.ClH/c1-19(11-13-5-4-6-15(18)7-13)12-14-8-16(20-2)10-17(9-14)21-3;/h4-10H,11-12,18H2,1-3H3;1H. The van der Waals surface area contributed by atoms with Crippen molar-refractivity contribution in [2.24, 2.45) is 0 Å². The Bertz CT molecular complexity index is 583. The van der Waals surface area contributed by atoms with Crippen molar-refractivity contribution in [3.63, 3.8) is 0 Å². The van der Waals surface area contributed by atoms with E-state index >= 15 is 0 Å². The van der Waals surface area contributed by atoms with Crippen molar-refractivity contribution in [1.82, 2.24) is 4.90 Å². The summed E-state index contributed by atoms with van der Waals surface area (Å²) in [5, 5.41) is 0. The predicted molar refractivity (Wildman–Crippen MR) is 92.8 cm³/mol. The molecule has 0 radical (unpaired) electrons. The molecule has 0 saturated heterocycles. The Morgan fingerprint density at radius 1 is 0.909 bits per heavy atom. The fourth-order valence-corrected chi connectivity index (χ4v) is 2.33. The summed E-state index contributed by atoms with van der Waals surface area (Å²) < 4.78 is 10.6. The van der Waals surface area contributed by atoms with Gasteiger partial charge < -0.3 is 15.2 Å². The molecular formula is C17H23ClN2O2. The summed E-state index contributed by atoms with van der Waals surface area (Å²) in [5.74, 6) is 1.61. The minimum absolute atomic E-state index is 0. The van der Waals surface area contributed by atoms with Gasteiger partial charge in [0.2, 0.25) is 0 Å². The van der Waals surface area contributed by atoms with Crippen molar-refractivity contribution >= 4 is 18.1 Å². The van der Waals surface area contributed by atoms with E-state index in [0.29, 0.717) is 0 Å². The molecule has 0 aliphatic heterocycles. The van der Waals surface area contributed by atoms with Crippen molar-refractivity contribution in [2.75, 3.05) is 27.0 Å². The van der Waals surface area contributed by atoms with Crippen molar-refractivity contribution in [2.45, 2.75) is 13.1 Å². The summed E-state index contributed by atoms with van der Waals surface area (Å²) in [6.45, 7) is 1.65. The molecule has 0 aromatic heterocycles. The molecular weight excluding hydrogens is 300 g/mol. The second-order valence-electron chi connectivity index (χ2n) is 5.14. The summed E-state index contributed by atoms with van der Waals surface area (Å²) in [6.07, 6.45) is 0. The van der Waals surface area contributed by atoms with Crippen LogP contribution >= 0.6 is 12.4 Å². The normalized spacial score (nSPS) is 10.2. The van der Waals surface area contributed by atoms with Crippen molar-refractivity contribution in [1.29, 1.82) is 0 Å². The summed E-state index contributed by atoms with van der Waals surface area (Å²) in [4.78, 5) is 2.23. The van der Waals surface area contributed by atoms with Gasteiger partial charge in [0.25, 0.3) is 0 Å². The van der Waals surface area contributed by atoms with E-state index in [1.807, 2.05) is 36.4 Å². The van der Waals surface area contributed by atoms with Crippen LogP contribution < -0.4 is 15.2 Å². The summed E-state index contributed by atoms with van der Waals surface area (Å²) in [5.41, 5.74) is 8.96. The molecule has 0 aliphatic carbocycles. The van der Waals surface area contributed by atoms with Crippen LogP contribution in [0.25, 0.3) is 0 Å². The summed E-state index contributed by atoms with van der Waals surface area (Å²) >= 11 is 0. The number of nitrogen functional groups attached to an aromatic ring is 1. The molecule has 0 heterocycles. The number of nitrogens with two attached hydrogens (primary N) is 1. The van der Waals surface area contributed by atoms with Crippen LogP contribution in [0.4, 0.5) is 5.69 Å². The van der Waals surface area contributed by atoms with Crippen molar-refractivity contribution in [3.05, 3.63) is 53.6 Å². The zero-order chi connectivity index (χ0) is 15.2. The van der Waals surface area contributed by atoms with E-state index in [2.05, 4.69) is 18.0 Å². The van der Waals surface area contributed by atoms with Crippen molar-refractivity contribution < 1.29 is 9.47 Å². The first-order chi connectivity index (χ1) is 10.1. The number of hydrogen-bond donors (Lipinski definition) is 1. The number of hydrogen-bond acceptors (Lipinski definition) is 4.